The molecule has 0 aliphatic heterocycles. The van der Waals surface area contributed by atoms with E-state index in [-0.39, 0.29) is 12.1 Å². The van der Waals surface area contributed by atoms with Gasteiger partial charge in [0, 0.05) is 18.7 Å². The average Bonchev–Trinajstić information content (AvgIpc) is 2.65. The molecule has 2 aromatic carbocycles. The largest absolute Gasteiger partial charge is 0.497 e. The van der Waals surface area contributed by atoms with Crippen molar-refractivity contribution in [3.63, 3.8) is 0 Å². The second-order valence-electron chi connectivity index (χ2n) is 6.28. The van der Waals surface area contributed by atoms with Crippen molar-refractivity contribution in [3.8, 4) is 11.5 Å². The van der Waals surface area contributed by atoms with Gasteiger partial charge in [-0.15, -0.1) is 0 Å². The molecule has 26 heavy (non-hydrogen) atoms. The fourth-order valence-electron chi connectivity index (χ4n) is 2.89. The lowest BCUT2D eigenvalue weighted by Crippen LogP contribution is -2.40. The lowest BCUT2D eigenvalue weighted by atomic mass is 10.1. The summed E-state index contributed by atoms with van der Waals surface area (Å²) in [4.78, 5) is 14.5. The molecule has 0 radical (unpaired) electrons. The summed E-state index contributed by atoms with van der Waals surface area (Å²) in [7, 11) is 3.24. The number of hydrogen-bond acceptors (Lipinski definition) is 3. The van der Waals surface area contributed by atoms with E-state index in [4.69, 9.17) is 9.47 Å². The first kappa shape index (κ1) is 19.6. The van der Waals surface area contributed by atoms with Gasteiger partial charge in [-0.3, -0.25) is 0 Å². The molecule has 2 amide bonds. The Morgan fingerprint density at radius 1 is 1.15 bits per heavy atom. The highest BCUT2D eigenvalue weighted by atomic mass is 16.5. The quantitative estimate of drug-likeness (QED) is 0.804. The van der Waals surface area contributed by atoms with Crippen LogP contribution in [0.5, 0.6) is 11.5 Å². The van der Waals surface area contributed by atoms with Gasteiger partial charge in [-0.25, -0.2) is 4.79 Å². The van der Waals surface area contributed by atoms with Crippen molar-refractivity contribution in [1.29, 1.82) is 0 Å². The third kappa shape index (κ3) is 4.91. The van der Waals surface area contributed by atoms with Crippen LogP contribution in [-0.4, -0.2) is 31.7 Å². The molecular weight excluding hydrogens is 328 g/mol. The highest BCUT2D eigenvalue weighted by Gasteiger charge is 2.19. The van der Waals surface area contributed by atoms with Crippen LogP contribution in [0.25, 0.3) is 0 Å². The molecule has 1 N–H and O–H groups in total. The molecule has 0 fully saturated rings. The van der Waals surface area contributed by atoms with E-state index < -0.39 is 0 Å². The van der Waals surface area contributed by atoms with Gasteiger partial charge >= 0.3 is 6.03 Å². The first-order valence-corrected chi connectivity index (χ1v) is 8.81. The lowest BCUT2D eigenvalue weighted by Gasteiger charge is -2.25. The van der Waals surface area contributed by atoms with E-state index in [9.17, 15) is 4.79 Å². The van der Waals surface area contributed by atoms with Gasteiger partial charge in [-0.2, -0.15) is 0 Å². The normalized spacial score (nSPS) is 11.6. The van der Waals surface area contributed by atoms with Crippen LogP contribution in [0.3, 0.4) is 0 Å². The summed E-state index contributed by atoms with van der Waals surface area (Å²) in [5, 5.41) is 3.06. The Kier molecular flexibility index (Phi) is 6.89. The zero-order valence-electron chi connectivity index (χ0n) is 16.2. The minimum absolute atomic E-state index is 0.105. The van der Waals surface area contributed by atoms with E-state index >= 15 is 0 Å². The van der Waals surface area contributed by atoms with Crippen LogP contribution in [0.2, 0.25) is 0 Å². The van der Waals surface area contributed by atoms with Crippen molar-refractivity contribution in [2.45, 2.75) is 33.4 Å². The predicted octanol–water partition coefficient (Wildman–Crippen LogP) is 4.30. The lowest BCUT2D eigenvalue weighted by molar-refractivity contribution is 0.194. The molecular formula is C21H28N2O3. The van der Waals surface area contributed by atoms with Gasteiger partial charge in [-0.1, -0.05) is 29.8 Å². The van der Waals surface area contributed by atoms with Crippen LogP contribution in [0.1, 0.15) is 36.6 Å². The van der Waals surface area contributed by atoms with E-state index in [0.717, 1.165) is 22.6 Å². The fourth-order valence-corrected chi connectivity index (χ4v) is 2.89. The maximum atomic E-state index is 12.7. The Morgan fingerprint density at radius 2 is 1.92 bits per heavy atom. The number of nitrogens with zero attached hydrogens (tertiary/aromatic N) is 1. The zero-order chi connectivity index (χ0) is 19.1. The van der Waals surface area contributed by atoms with Gasteiger partial charge in [0.2, 0.25) is 0 Å². The van der Waals surface area contributed by atoms with Gasteiger partial charge in [-0.05, 0) is 44.5 Å². The summed E-state index contributed by atoms with van der Waals surface area (Å²) in [5.41, 5.74) is 3.19. The minimum atomic E-state index is -0.209. The average molecular weight is 356 g/mol. The molecule has 0 saturated carbocycles. The van der Waals surface area contributed by atoms with Crippen LogP contribution in [0, 0.1) is 6.92 Å². The van der Waals surface area contributed by atoms with Gasteiger partial charge in [0.15, 0.2) is 0 Å². The predicted molar refractivity (Wildman–Crippen MR) is 104 cm³/mol. The van der Waals surface area contributed by atoms with E-state index in [2.05, 4.69) is 24.4 Å². The van der Waals surface area contributed by atoms with Gasteiger partial charge in [0.1, 0.15) is 11.5 Å². The van der Waals surface area contributed by atoms with Crippen LogP contribution in [-0.2, 0) is 6.54 Å². The number of rotatable bonds is 7. The van der Waals surface area contributed by atoms with Crippen molar-refractivity contribution in [2.24, 2.45) is 0 Å². The van der Waals surface area contributed by atoms with E-state index in [1.54, 1.807) is 19.1 Å². The molecule has 0 saturated heterocycles. The number of nitrogens with one attached hydrogen (secondary N) is 1. The summed E-state index contributed by atoms with van der Waals surface area (Å²) in [5.74, 6) is 1.45. The van der Waals surface area contributed by atoms with Crippen LogP contribution < -0.4 is 14.8 Å². The highest BCUT2D eigenvalue weighted by Crippen LogP contribution is 2.29. The van der Waals surface area contributed by atoms with Crippen molar-refractivity contribution in [2.75, 3.05) is 20.8 Å². The SMILES string of the molecule is CCN(Cc1cccc(C)c1)C(=O)NC(C)c1cc(OC)ccc1OC. The van der Waals surface area contributed by atoms with E-state index in [1.165, 1.54) is 5.56 Å². The van der Waals surface area contributed by atoms with Gasteiger partial charge in [0.25, 0.3) is 0 Å². The smallest absolute Gasteiger partial charge is 0.318 e. The highest BCUT2D eigenvalue weighted by molar-refractivity contribution is 5.75. The Labute approximate surface area is 155 Å². The second-order valence-corrected chi connectivity index (χ2v) is 6.28. The number of benzene rings is 2. The molecule has 140 valence electrons. The van der Waals surface area contributed by atoms with Gasteiger partial charge in [0.05, 0.1) is 20.3 Å². The molecule has 0 aromatic heterocycles. The van der Waals surface area contributed by atoms with Gasteiger partial charge < -0.3 is 19.7 Å². The van der Waals surface area contributed by atoms with Crippen LogP contribution in [0.15, 0.2) is 42.5 Å². The van der Waals surface area contributed by atoms with Crippen molar-refractivity contribution in [3.05, 3.63) is 59.2 Å². The first-order chi connectivity index (χ1) is 12.5. The molecule has 0 aliphatic carbocycles. The summed E-state index contributed by atoms with van der Waals surface area (Å²) < 4.78 is 10.7. The van der Waals surface area contributed by atoms with Crippen molar-refractivity contribution >= 4 is 6.03 Å². The molecule has 0 heterocycles. The minimum Gasteiger partial charge on any atom is -0.497 e. The molecule has 5 heteroatoms. The third-order valence-electron chi connectivity index (χ3n) is 4.37. The van der Waals surface area contributed by atoms with E-state index in [0.29, 0.717) is 13.1 Å². The molecule has 2 rings (SSSR count). The van der Waals surface area contributed by atoms with E-state index in [1.807, 2.05) is 44.2 Å². The number of carbonyl (C=O) groups excluding carboxylic acids is 1. The third-order valence-corrected chi connectivity index (χ3v) is 4.37. The zero-order valence-corrected chi connectivity index (χ0v) is 16.2. The number of urea groups is 1. The number of aryl methyl sites for hydroxylation is 1. The molecule has 2 aromatic rings. The maximum Gasteiger partial charge on any atom is 0.318 e. The first-order valence-electron chi connectivity index (χ1n) is 8.81. The second kappa shape index (κ2) is 9.13. The summed E-state index contributed by atoms with van der Waals surface area (Å²) in [6, 6.07) is 13.5. The standard InChI is InChI=1S/C21H28N2O3/c1-6-23(14-17-9-7-8-15(2)12-17)21(24)22-16(3)19-13-18(25-4)10-11-20(19)26-5/h7-13,16H,6,14H2,1-5H3,(H,22,24). The Balaban J connectivity index is 2.11. The number of ether oxygens (including phenoxy) is 2. The maximum absolute atomic E-state index is 12.7. The molecule has 5 nitrogen and oxygen atoms in total. The number of carbonyl (C=O) groups is 1. The summed E-state index contributed by atoms with van der Waals surface area (Å²) >= 11 is 0. The molecule has 1 atom stereocenters. The molecule has 0 spiro atoms. The topological polar surface area (TPSA) is 50.8 Å². The van der Waals surface area contributed by atoms with Crippen molar-refractivity contribution in [1.82, 2.24) is 10.2 Å². The Hall–Kier alpha value is -2.69. The molecule has 0 aliphatic rings. The molecule has 1 unspecified atom stereocenters. The Bertz CT molecular complexity index is 746. The number of amides is 2. The fraction of sp³-hybridized carbons (Fsp3) is 0.381. The summed E-state index contributed by atoms with van der Waals surface area (Å²) in [6.45, 7) is 7.17. The van der Waals surface area contributed by atoms with Crippen molar-refractivity contribution < 1.29 is 14.3 Å². The number of methoxy groups -OCH3 is 2. The Morgan fingerprint density at radius 3 is 2.54 bits per heavy atom. The monoisotopic (exact) mass is 356 g/mol. The van der Waals surface area contributed by atoms with Crippen LogP contribution >= 0.6 is 0 Å². The summed E-state index contributed by atoms with van der Waals surface area (Å²) in [6.07, 6.45) is 0. The number of hydrogen-bond donors (Lipinski definition) is 1. The van der Waals surface area contributed by atoms with Crippen LogP contribution in [0.4, 0.5) is 4.79 Å². The molecule has 0 bridgehead atoms.